The highest BCUT2D eigenvalue weighted by molar-refractivity contribution is 7.26. The summed E-state index contributed by atoms with van der Waals surface area (Å²) in [4.78, 5) is 9.95. The van der Waals surface area contributed by atoms with Crippen LogP contribution >= 0.6 is 22.7 Å². The first-order chi connectivity index (χ1) is 69.5. The molecule has 0 saturated heterocycles. The van der Waals surface area contributed by atoms with E-state index in [0.29, 0.717) is 0 Å². The van der Waals surface area contributed by atoms with Crippen LogP contribution in [0.2, 0.25) is 0 Å². The summed E-state index contributed by atoms with van der Waals surface area (Å²) >= 11 is 3.74. The molecular formula is C134H88N4S2. The zero-order valence-corrected chi connectivity index (χ0v) is 78.0. The molecule has 656 valence electrons. The van der Waals surface area contributed by atoms with Crippen LogP contribution in [-0.4, -0.2) is 0 Å². The normalized spacial score (nSPS) is 12.9. The Bertz CT molecular complexity index is 8860. The van der Waals surface area contributed by atoms with Crippen LogP contribution < -0.4 is 19.6 Å². The van der Waals surface area contributed by atoms with E-state index >= 15 is 0 Å². The minimum Gasteiger partial charge on any atom is -0.310 e. The lowest BCUT2D eigenvalue weighted by atomic mass is 9.64. The van der Waals surface area contributed by atoms with Gasteiger partial charge in [0.25, 0.3) is 0 Å². The molecule has 4 nitrogen and oxygen atoms in total. The molecule has 0 fully saturated rings. The number of fused-ring (bicyclic) bond motifs is 24. The zero-order valence-electron chi connectivity index (χ0n) is 76.4. The van der Waals surface area contributed by atoms with Gasteiger partial charge in [-0.3, -0.25) is 0 Å². The molecular weight excluding hydrogens is 1730 g/mol. The molecule has 4 aliphatic rings. The average Bonchev–Trinajstić information content (AvgIpc) is 1.50. The molecule has 2 aromatic heterocycles. The molecule has 2 spiro atoms. The summed E-state index contributed by atoms with van der Waals surface area (Å²) < 4.78 is 5.26. The lowest BCUT2D eigenvalue weighted by Crippen LogP contribution is -2.36. The van der Waals surface area contributed by atoms with E-state index in [-0.39, 0.29) is 0 Å². The van der Waals surface area contributed by atoms with Gasteiger partial charge in [-0.15, -0.1) is 22.7 Å². The zero-order chi connectivity index (χ0) is 92.4. The van der Waals surface area contributed by atoms with Gasteiger partial charge in [-0.1, -0.05) is 400 Å². The Balaban J connectivity index is 0.000000141. The van der Waals surface area contributed by atoms with Gasteiger partial charge in [-0.2, -0.15) is 0 Å². The van der Waals surface area contributed by atoms with E-state index in [9.17, 15) is 0 Å². The molecule has 24 aromatic rings. The van der Waals surface area contributed by atoms with Gasteiger partial charge < -0.3 is 19.6 Å². The SMILES string of the molecule is c1ccc(-c2cccc(-c3ccccc3N(c3ccc(-c4ccc5sc6ccccc6c5c4)cc3)c3cccc4c3-c3ccccc3C43c4ccccc4N(c4ccccc4)c4ccccc43)c2)cc1.c1ccc(-c2cccc(-c3ccccc3N(c3ccc(-c4cccc5c4sc4ccccc45)cc3)c3cccc4c3-c3ccccc3C43c4ccccc4N(c4ccccc4)c4ccccc43)c2)cc1. The Hall–Kier alpha value is -17.5. The molecule has 0 radical (unpaired) electrons. The van der Waals surface area contributed by atoms with Crippen molar-refractivity contribution in [2.45, 2.75) is 10.8 Å². The second-order valence-electron chi connectivity index (χ2n) is 36.7. The molecule has 2 aliphatic carbocycles. The molecule has 28 rings (SSSR count). The van der Waals surface area contributed by atoms with Crippen LogP contribution in [0.4, 0.5) is 68.2 Å². The highest BCUT2D eigenvalue weighted by atomic mass is 32.1. The number of rotatable bonds is 14. The monoisotopic (exact) mass is 1820 g/mol. The molecule has 0 amide bonds. The van der Waals surface area contributed by atoms with Gasteiger partial charge in [0.05, 0.1) is 56.3 Å². The van der Waals surface area contributed by atoms with Crippen LogP contribution in [0.15, 0.2) is 534 Å². The van der Waals surface area contributed by atoms with Crippen molar-refractivity contribution in [1.29, 1.82) is 0 Å². The van der Waals surface area contributed by atoms with Gasteiger partial charge in [-0.05, 0) is 245 Å². The number of hydrogen-bond acceptors (Lipinski definition) is 6. The first kappa shape index (κ1) is 82.0. The van der Waals surface area contributed by atoms with E-state index in [4.69, 9.17) is 0 Å². The summed E-state index contributed by atoms with van der Waals surface area (Å²) in [5.41, 5.74) is 41.9. The van der Waals surface area contributed by atoms with Crippen molar-refractivity contribution >= 4 is 131 Å². The largest absolute Gasteiger partial charge is 0.310 e. The van der Waals surface area contributed by atoms with E-state index in [2.05, 4.69) is 553 Å². The lowest BCUT2D eigenvalue weighted by molar-refractivity contribution is 0.752. The number of thiophene rings is 2. The van der Waals surface area contributed by atoms with Crippen molar-refractivity contribution in [2.24, 2.45) is 0 Å². The van der Waals surface area contributed by atoms with Crippen LogP contribution in [0.25, 0.3) is 129 Å². The van der Waals surface area contributed by atoms with Gasteiger partial charge in [0.1, 0.15) is 0 Å². The number of anilines is 12. The Morgan fingerprint density at radius 1 is 0.171 bits per heavy atom. The van der Waals surface area contributed by atoms with Crippen LogP contribution in [-0.2, 0) is 10.8 Å². The van der Waals surface area contributed by atoms with Crippen LogP contribution in [0, 0.1) is 0 Å². The third kappa shape index (κ3) is 13.0. The summed E-state index contributed by atoms with van der Waals surface area (Å²) in [5.74, 6) is 0. The van der Waals surface area contributed by atoms with E-state index in [0.717, 1.165) is 67.8 Å². The standard InChI is InChI=1S/2C67H44N2S/c1-3-20-45(21-4-1)47-22-17-23-48(44-47)51-26-8-13-35-60(51)68(50-42-40-46(41-43-50)52-29-18-30-54-53-27-9-16-39-64(53)70-66(52)54)63-38-19-34-59-65(63)55-28-7-10-31-56(55)67(59)57-32-11-14-36-61(57)69(49-24-5-2-6-25-49)62-37-15-12-33-58(62)67;1-3-19-45(20-4-1)47-21-17-22-49(43-47)52-25-8-13-32-60(52)68(51-40-37-46(38-41-51)48-39-42-65-55(44-48)53-26-9-16-36-64(53)70-65)63-35-18-31-59-66(63)54-27-7-10-28-56(54)67(59)57-29-11-14-33-61(57)69(50-23-5-2-6-24-50)62-34-15-12-30-58(62)67/h2*1-44H. The van der Waals surface area contributed by atoms with Gasteiger partial charge in [-0.25, -0.2) is 0 Å². The number of hydrogen-bond donors (Lipinski definition) is 0. The molecule has 0 bridgehead atoms. The summed E-state index contributed by atoms with van der Waals surface area (Å²) in [6.45, 7) is 0. The maximum absolute atomic E-state index is 2.53. The van der Waals surface area contributed by atoms with Crippen molar-refractivity contribution in [3.8, 4) is 89.0 Å². The molecule has 2 aliphatic heterocycles. The predicted molar refractivity (Wildman–Crippen MR) is 592 cm³/mol. The number of para-hydroxylation sites is 8. The molecule has 4 heterocycles. The third-order valence-corrected chi connectivity index (χ3v) is 31.7. The van der Waals surface area contributed by atoms with Crippen molar-refractivity contribution in [2.75, 3.05) is 19.6 Å². The van der Waals surface area contributed by atoms with E-state index in [1.807, 2.05) is 22.7 Å². The van der Waals surface area contributed by atoms with Gasteiger partial charge in [0, 0.05) is 85.3 Å². The molecule has 140 heavy (non-hydrogen) atoms. The van der Waals surface area contributed by atoms with Crippen LogP contribution in [0.3, 0.4) is 0 Å². The lowest BCUT2D eigenvalue weighted by Gasteiger charge is -2.45. The molecule has 22 aromatic carbocycles. The van der Waals surface area contributed by atoms with Crippen molar-refractivity contribution in [1.82, 2.24) is 0 Å². The minimum absolute atomic E-state index is 0.593. The molecule has 0 N–H and O–H groups in total. The van der Waals surface area contributed by atoms with Crippen molar-refractivity contribution in [3.05, 3.63) is 578 Å². The minimum atomic E-state index is -0.595. The van der Waals surface area contributed by atoms with E-state index in [1.165, 1.54) is 174 Å². The maximum Gasteiger partial charge on any atom is 0.0755 e. The second kappa shape index (κ2) is 33.8. The Kier molecular flexibility index (Phi) is 19.8. The quantitative estimate of drug-likeness (QED) is 0.108. The van der Waals surface area contributed by atoms with Gasteiger partial charge >= 0.3 is 0 Å². The van der Waals surface area contributed by atoms with Crippen LogP contribution in [0.5, 0.6) is 0 Å². The third-order valence-electron chi connectivity index (χ3n) is 29.3. The van der Waals surface area contributed by atoms with Crippen molar-refractivity contribution < 1.29 is 0 Å². The topological polar surface area (TPSA) is 13.0 Å². The summed E-state index contributed by atoms with van der Waals surface area (Å²) in [7, 11) is 0. The molecule has 0 unspecified atom stereocenters. The Labute approximate surface area is 822 Å². The van der Waals surface area contributed by atoms with Gasteiger partial charge in [0.2, 0.25) is 0 Å². The highest BCUT2D eigenvalue weighted by Crippen LogP contribution is 2.68. The maximum atomic E-state index is 2.53. The fraction of sp³-hybridized carbons (Fsp3) is 0.0149. The fourth-order valence-electron chi connectivity index (χ4n) is 23.5. The summed E-state index contributed by atoms with van der Waals surface area (Å²) in [6.07, 6.45) is 0. The molecule has 0 saturated carbocycles. The smallest absolute Gasteiger partial charge is 0.0755 e. The second-order valence-corrected chi connectivity index (χ2v) is 38.8. The molecule has 6 heteroatoms. The Morgan fingerprint density at radius 2 is 0.471 bits per heavy atom. The first-order valence-electron chi connectivity index (χ1n) is 48.2. The Morgan fingerprint density at radius 3 is 0.943 bits per heavy atom. The van der Waals surface area contributed by atoms with E-state index < -0.39 is 10.8 Å². The van der Waals surface area contributed by atoms with E-state index in [1.54, 1.807) is 0 Å². The number of nitrogens with zero attached hydrogens (tertiary/aromatic N) is 4. The summed E-state index contributed by atoms with van der Waals surface area (Å²) in [6, 6.07) is 197. The first-order valence-corrected chi connectivity index (χ1v) is 49.8. The molecule has 0 atom stereocenters. The average molecular weight is 1820 g/mol. The fourth-order valence-corrected chi connectivity index (χ4v) is 25.8. The number of benzene rings is 22. The van der Waals surface area contributed by atoms with Crippen molar-refractivity contribution in [3.63, 3.8) is 0 Å². The van der Waals surface area contributed by atoms with Crippen LogP contribution in [0.1, 0.15) is 44.5 Å². The van der Waals surface area contributed by atoms with Gasteiger partial charge in [0.15, 0.2) is 0 Å². The summed E-state index contributed by atoms with van der Waals surface area (Å²) in [5, 5.41) is 5.24. The highest BCUT2D eigenvalue weighted by Gasteiger charge is 2.55. The predicted octanol–water partition coefficient (Wildman–Crippen LogP) is 37.3.